The van der Waals surface area contributed by atoms with Crippen molar-refractivity contribution in [3.8, 4) is 5.75 Å². The van der Waals surface area contributed by atoms with Gasteiger partial charge in [0, 0.05) is 11.6 Å². The molecule has 0 aromatic heterocycles. The lowest BCUT2D eigenvalue weighted by molar-refractivity contribution is -0.149. The smallest absolute Gasteiger partial charge is 0.378 e. The van der Waals surface area contributed by atoms with Crippen LogP contribution < -0.4 is 4.74 Å². The van der Waals surface area contributed by atoms with Gasteiger partial charge in [-0.2, -0.15) is 0 Å². The van der Waals surface area contributed by atoms with Gasteiger partial charge in [-0.1, -0.05) is 11.6 Å². The predicted molar refractivity (Wildman–Crippen MR) is 65.6 cm³/mol. The summed E-state index contributed by atoms with van der Waals surface area (Å²) < 4.78 is 9.16. The summed E-state index contributed by atoms with van der Waals surface area (Å²) in [7, 11) is 2.55. The van der Waals surface area contributed by atoms with E-state index in [9.17, 15) is 14.7 Å². The molecule has 0 spiro atoms. The highest BCUT2D eigenvalue weighted by molar-refractivity contribution is 6.39. The number of benzene rings is 1. The molecule has 0 unspecified atom stereocenters. The van der Waals surface area contributed by atoms with Gasteiger partial charge in [0.1, 0.15) is 11.5 Å². The van der Waals surface area contributed by atoms with Crippen LogP contribution >= 0.6 is 11.6 Å². The van der Waals surface area contributed by atoms with Gasteiger partial charge in [0.05, 0.1) is 19.2 Å². The first-order valence-corrected chi connectivity index (χ1v) is 5.24. The van der Waals surface area contributed by atoms with Crippen LogP contribution in [0.5, 0.6) is 5.75 Å². The maximum Gasteiger partial charge on any atom is 0.378 e. The van der Waals surface area contributed by atoms with Crippen LogP contribution in [-0.4, -0.2) is 31.1 Å². The molecule has 0 radical (unpaired) electrons. The average molecular weight is 271 g/mol. The van der Waals surface area contributed by atoms with Crippen LogP contribution in [0.3, 0.4) is 0 Å². The molecule has 96 valence electrons. The van der Waals surface area contributed by atoms with Gasteiger partial charge in [-0.25, -0.2) is 4.79 Å². The zero-order chi connectivity index (χ0) is 13.7. The number of aliphatic hydroxyl groups excluding tert-OH is 1. The Hall–Kier alpha value is -2.01. The third kappa shape index (κ3) is 3.24. The summed E-state index contributed by atoms with van der Waals surface area (Å²) in [5.74, 6) is -1.94. The van der Waals surface area contributed by atoms with E-state index in [1.165, 1.54) is 19.2 Å². The van der Waals surface area contributed by atoms with Gasteiger partial charge < -0.3 is 14.6 Å². The van der Waals surface area contributed by atoms with Crippen molar-refractivity contribution in [3.63, 3.8) is 0 Å². The first-order valence-electron chi connectivity index (χ1n) is 4.86. The topological polar surface area (TPSA) is 72.8 Å². The van der Waals surface area contributed by atoms with E-state index < -0.39 is 17.5 Å². The fourth-order valence-electron chi connectivity index (χ4n) is 1.19. The largest absolute Gasteiger partial charge is 0.507 e. The second-order valence-electron chi connectivity index (χ2n) is 3.23. The Balaban J connectivity index is 3.04. The van der Waals surface area contributed by atoms with Crippen LogP contribution in [0.2, 0.25) is 5.02 Å². The molecule has 5 nitrogen and oxygen atoms in total. The van der Waals surface area contributed by atoms with Gasteiger partial charge >= 0.3 is 5.97 Å². The minimum atomic E-state index is -1.06. The van der Waals surface area contributed by atoms with Crippen LogP contribution in [0, 0.1) is 0 Å². The summed E-state index contributed by atoms with van der Waals surface area (Å²) in [6.07, 6.45) is 0.750. The number of carbonyl (C=O) groups is 2. The average Bonchev–Trinajstić information content (AvgIpc) is 2.37. The number of esters is 1. The molecule has 0 heterocycles. The predicted octanol–water partition coefficient (Wildman–Crippen LogP) is 1.99. The summed E-state index contributed by atoms with van der Waals surface area (Å²) in [6.45, 7) is 0. The third-order valence-corrected chi connectivity index (χ3v) is 2.42. The quantitative estimate of drug-likeness (QED) is 0.392. The van der Waals surface area contributed by atoms with E-state index in [1.807, 2.05) is 0 Å². The Morgan fingerprint density at radius 1 is 1.33 bits per heavy atom. The van der Waals surface area contributed by atoms with Gasteiger partial charge in [-0.05, 0) is 18.2 Å². The maximum absolute atomic E-state index is 11.2. The lowest BCUT2D eigenvalue weighted by atomic mass is 10.1. The fraction of sp³-hybridized carbons (Fsp3) is 0.167. The Labute approximate surface area is 109 Å². The summed E-state index contributed by atoms with van der Waals surface area (Å²) in [6, 6.07) is 4.51. The number of ketones is 1. The number of halogens is 1. The number of aliphatic hydroxyl groups is 1. The van der Waals surface area contributed by atoms with Crippen molar-refractivity contribution in [2.24, 2.45) is 0 Å². The van der Waals surface area contributed by atoms with Crippen molar-refractivity contribution < 1.29 is 24.2 Å². The maximum atomic E-state index is 11.2. The van der Waals surface area contributed by atoms with E-state index in [0.717, 1.165) is 13.2 Å². The fourth-order valence-corrected chi connectivity index (χ4v) is 1.46. The van der Waals surface area contributed by atoms with Gasteiger partial charge in [-0.3, -0.25) is 4.79 Å². The molecule has 0 aliphatic heterocycles. The number of carbonyl (C=O) groups excluding carboxylic acids is 2. The molecule has 6 heteroatoms. The molecule has 0 amide bonds. The van der Waals surface area contributed by atoms with E-state index in [-0.39, 0.29) is 10.6 Å². The highest BCUT2D eigenvalue weighted by Crippen LogP contribution is 2.26. The molecular weight excluding hydrogens is 260 g/mol. The van der Waals surface area contributed by atoms with Crippen LogP contribution in [0.4, 0.5) is 0 Å². The highest BCUT2D eigenvalue weighted by Gasteiger charge is 2.14. The van der Waals surface area contributed by atoms with Crippen molar-refractivity contribution in [2.45, 2.75) is 0 Å². The first kappa shape index (κ1) is 14.1. The molecule has 0 aliphatic carbocycles. The standard InChI is InChI=1S/C12H11ClO5/c1-17-7-3-4-8(9(13)5-7)10(14)6-11(15)12(16)18-2/h3-6,14H,1-2H3/b10-6-. The van der Waals surface area contributed by atoms with E-state index in [4.69, 9.17) is 16.3 Å². The van der Waals surface area contributed by atoms with E-state index in [0.29, 0.717) is 5.75 Å². The SMILES string of the molecule is COC(=O)C(=O)/C=C(\O)c1ccc(OC)cc1Cl. The molecule has 0 bridgehead atoms. The first-order chi connectivity index (χ1) is 8.49. The monoisotopic (exact) mass is 270 g/mol. The summed E-state index contributed by atoms with van der Waals surface area (Å²) in [5.41, 5.74) is 0.217. The Bertz CT molecular complexity index is 507. The molecule has 1 rings (SSSR count). The number of methoxy groups -OCH3 is 2. The lowest BCUT2D eigenvalue weighted by Crippen LogP contribution is -2.13. The van der Waals surface area contributed by atoms with Crippen molar-refractivity contribution >= 4 is 29.1 Å². The van der Waals surface area contributed by atoms with Gasteiger partial charge in [-0.15, -0.1) is 0 Å². The van der Waals surface area contributed by atoms with Crippen LogP contribution in [0.1, 0.15) is 5.56 Å². The van der Waals surface area contributed by atoms with Crippen LogP contribution in [0.25, 0.3) is 5.76 Å². The van der Waals surface area contributed by atoms with E-state index in [2.05, 4.69) is 4.74 Å². The molecule has 18 heavy (non-hydrogen) atoms. The van der Waals surface area contributed by atoms with Crippen molar-refractivity contribution in [2.75, 3.05) is 14.2 Å². The summed E-state index contributed by atoms with van der Waals surface area (Å²) in [5, 5.41) is 9.88. The number of hydrogen-bond acceptors (Lipinski definition) is 5. The molecule has 1 aromatic carbocycles. The molecule has 0 aliphatic rings. The van der Waals surface area contributed by atoms with Gasteiger partial charge in [0.2, 0.25) is 0 Å². The number of rotatable bonds is 4. The molecule has 1 aromatic rings. The number of ether oxygens (including phenoxy) is 2. The van der Waals surface area contributed by atoms with Gasteiger partial charge in [0.25, 0.3) is 5.78 Å². The van der Waals surface area contributed by atoms with Crippen molar-refractivity contribution in [1.82, 2.24) is 0 Å². The van der Waals surface area contributed by atoms with Crippen molar-refractivity contribution in [1.29, 1.82) is 0 Å². The van der Waals surface area contributed by atoms with Crippen LogP contribution in [-0.2, 0) is 14.3 Å². The zero-order valence-corrected chi connectivity index (χ0v) is 10.5. The second kappa shape index (κ2) is 6.07. The third-order valence-electron chi connectivity index (χ3n) is 2.11. The zero-order valence-electron chi connectivity index (χ0n) is 9.77. The molecule has 0 saturated carbocycles. The number of hydrogen-bond donors (Lipinski definition) is 1. The van der Waals surface area contributed by atoms with Gasteiger partial charge in [0.15, 0.2) is 0 Å². The summed E-state index contributed by atoms with van der Waals surface area (Å²) in [4.78, 5) is 22.1. The molecular formula is C12H11ClO5. The molecule has 1 N–H and O–H groups in total. The minimum absolute atomic E-state index is 0.195. The highest BCUT2D eigenvalue weighted by atomic mass is 35.5. The minimum Gasteiger partial charge on any atom is -0.507 e. The normalized spacial score (nSPS) is 10.9. The summed E-state index contributed by atoms with van der Waals surface area (Å²) >= 11 is 5.89. The second-order valence-corrected chi connectivity index (χ2v) is 3.64. The molecule has 0 saturated heterocycles. The van der Waals surface area contributed by atoms with Crippen molar-refractivity contribution in [3.05, 3.63) is 34.9 Å². The molecule has 0 atom stereocenters. The lowest BCUT2D eigenvalue weighted by Gasteiger charge is -2.05. The molecule has 0 fully saturated rings. The Kier molecular flexibility index (Phi) is 4.74. The van der Waals surface area contributed by atoms with E-state index >= 15 is 0 Å². The van der Waals surface area contributed by atoms with Crippen LogP contribution in [0.15, 0.2) is 24.3 Å². The van der Waals surface area contributed by atoms with E-state index in [1.54, 1.807) is 6.07 Å². The Morgan fingerprint density at radius 2 is 2.00 bits per heavy atom. The Morgan fingerprint density at radius 3 is 2.50 bits per heavy atom.